The van der Waals surface area contributed by atoms with Gasteiger partial charge < -0.3 is 10.1 Å². The fraction of sp³-hybridized carbons (Fsp3) is 0.240. The van der Waals surface area contributed by atoms with E-state index in [4.69, 9.17) is 27.9 Å². The van der Waals surface area contributed by atoms with Crippen molar-refractivity contribution < 1.29 is 14.5 Å². The second-order valence-corrected chi connectivity index (χ2v) is 9.37. The number of nitrogens with one attached hydrogen (secondary N) is 1. The van der Waals surface area contributed by atoms with Crippen LogP contribution < -0.4 is 10.1 Å². The molecule has 1 N–H and O–H groups in total. The first-order chi connectivity index (χ1) is 16.3. The molecule has 1 fully saturated rings. The van der Waals surface area contributed by atoms with Crippen molar-refractivity contribution in [2.75, 3.05) is 18.9 Å². The normalized spacial score (nSPS) is 23.7. The molecule has 3 atom stereocenters. The summed E-state index contributed by atoms with van der Waals surface area (Å²) >= 11 is 12.7. The van der Waals surface area contributed by atoms with Crippen LogP contribution in [0.2, 0.25) is 10.0 Å². The molecule has 34 heavy (non-hydrogen) atoms. The standard InChI is InChI=1S/C25H21Cl2N3O4/c1-29-13-17(23(30(32)33)25(29)18-7-3-5-9-21(18)28-24(25)31)15-10-11-22(20(27)12-15)34-14-16-6-2-4-8-19(16)26/h2-12,17,23H,13-14H2,1H3,(H,28,31)/t17-,23-,25+/m1/s1. The lowest BCUT2D eigenvalue weighted by Crippen LogP contribution is -2.54. The van der Waals surface area contributed by atoms with Gasteiger partial charge in [0, 0.05) is 33.3 Å². The number of nitro groups is 1. The zero-order valence-corrected chi connectivity index (χ0v) is 19.7. The number of para-hydroxylation sites is 1. The van der Waals surface area contributed by atoms with Crippen molar-refractivity contribution >= 4 is 34.8 Å². The van der Waals surface area contributed by atoms with Crippen LogP contribution in [0.25, 0.3) is 0 Å². The third kappa shape index (κ3) is 3.43. The first kappa shape index (κ1) is 22.7. The van der Waals surface area contributed by atoms with Crippen LogP contribution >= 0.6 is 23.2 Å². The number of fused-ring (bicyclic) bond motifs is 2. The Morgan fingerprint density at radius 3 is 2.59 bits per heavy atom. The third-order valence-corrected chi connectivity index (χ3v) is 7.43. The van der Waals surface area contributed by atoms with Gasteiger partial charge in [0.2, 0.25) is 0 Å². The Morgan fingerprint density at radius 2 is 1.85 bits per heavy atom. The van der Waals surface area contributed by atoms with Crippen LogP contribution in [0.15, 0.2) is 66.7 Å². The van der Waals surface area contributed by atoms with Gasteiger partial charge in [-0.15, -0.1) is 0 Å². The molecule has 7 nitrogen and oxygen atoms in total. The highest BCUT2D eigenvalue weighted by Gasteiger charge is 2.68. The molecule has 3 aromatic carbocycles. The number of hydrogen-bond acceptors (Lipinski definition) is 5. The lowest BCUT2D eigenvalue weighted by atomic mass is 9.79. The molecule has 3 aromatic rings. The van der Waals surface area contributed by atoms with E-state index in [9.17, 15) is 14.9 Å². The molecule has 174 valence electrons. The van der Waals surface area contributed by atoms with Crippen molar-refractivity contribution in [2.45, 2.75) is 24.1 Å². The van der Waals surface area contributed by atoms with Crippen molar-refractivity contribution in [3.8, 4) is 5.75 Å². The molecule has 2 heterocycles. The monoisotopic (exact) mass is 497 g/mol. The van der Waals surface area contributed by atoms with Crippen molar-refractivity contribution in [1.29, 1.82) is 0 Å². The summed E-state index contributed by atoms with van der Waals surface area (Å²) in [7, 11) is 1.75. The number of benzene rings is 3. The van der Waals surface area contributed by atoms with Gasteiger partial charge in [-0.25, -0.2) is 0 Å². The Bertz CT molecular complexity index is 1300. The minimum absolute atomic E-state index is 0.239. The molecular weight excluding hydrogens is 477 g/mol. The molecule has 1 saturated heterocycles. The van der Waals surface area contributed by atoms with Crippen LogP contribution in [-0.4, -0.2) is 35.4 Å². The Labute approximate surface area is 206 Å². The van der Waals surface area contributed by atoms with E-state index in [1.54, 1.807) is 60.5 Å². The van der Waals surface area contributed by atoms with Crippen LogP contribution in [0.4, 0.5) is 5.69 Å². The number of hydrogen-bond donors (Lipinski definition) is 1. The molecule has 1 amide bonds. The molecule has 0 radical (unpaired) electrons. The highest BCUT2D eigenvalue weighted by atomic mass is 35.5. The molecule has 5 rings (SSSR count). The SMILES string of the molecule is CN1C[C@H](c2ccc(OCc3ccccc3Cl)c(Cl)c2)[C@@H]([N+](=O)[O-])[C@@]12C(=O)Nc1ccccc12. The fourth-order valence-electron chi connectivity index (χ4n) is 5.22. The van der Waals surface area contributed by atoms with E-state index in [-0.39, 0.29) is 17.4 Å². The van der Waals surface area contributed by atoms with E-state index < -0.39 is 17.5 Å². The molecule has 0 saturated carbocycles. The fourth-order valence-corrected chi connectivity index (χ4v) is 5.65. The Morgan fingerprint density at radius 1 is 1.12 bits per heavy atom. The number of nitrogens with zero attached hydrogens (tertiary/aromatic N) is 2. The Hall–Kier alpha value is -3.13. The van der Waals surface area contributed by atoms with Gasteiger partial charge in [-0.05, 0) is 36.9 Å². The van der Waals surface area contributed by atoms with Gasteiger partial charge in [0.15, 0.2) is 5.54 Å². The summed E-state index contributed by atoms with van der Waals surface area (Å²) < 4.78 is 5.85. The molecule has 0 aliphatic carbocycles. The summed E-state index contributed by atoms with van der Waals surface area (Å²) in [6.07, 6.45) is 0. The van der Waals surface area contributed by atoms with Crippen molar-refractivity contribution in [3.63, 3.8) is 0 Å². The molecule has 0 bridgehead atoms. The number of likely N-dealkylation sites (tertiary alicyclic amines) is 1. The minimum atomic E-state index is -1.39. The van der Waals surface area contributed by atoms with Gasteiger partial charge in [-0.2, -0.15) is 0 Å². The van der Waals surface area contributed by atoms with Gasteiger partial charge in [0.05, 0.1) is 10.9 Å². The van der Waals surface area contributed by atoms with Gasteiger partial charge in [0.1, 0.15) is 12.4 Å². The summed E-state index contributed by atoms with van der Waals surface area (Å²) in [5.41, 5.74) is 1.34. The highest BCUT2D eigenvalue weighted by molar-refractivity contribution is 6.32. The number of likely N-dealkylation sites (N-methyl/N-ethyl adjacent to an activating group) is 1. The minimum Gasteiger partial charge on any atom is -0.487 e. The number of ether oxygens (including phenoxy) is 1. The molecule has 9 heteroatoms. The lowest BCUT2D eigenvalue weighted by Gasteiger charge is -2.30. The Kier molecular flexibility index (Phi) is 5.72. The van der Waals surface area contributed by atoms with Crippen LogP contribution in [-0.2, 0) is 16.9 Å². The van der Waals surface area contributed by atoms with E-state index >= 15 is 0 Å². The number of rotatable bonds is 5. The average Bonchev–Trinajstić information content (AvgIpc) is 3.29. The van der Waals surface area contributed by atoms with E-state index in [2.05, 4.69) is 5.32 Å². The predicted octanol–water partition coefficient (Wildman–Crippen LogP) is 5.09. The molecule has 2 aliphatic rings. The zero-order valence-electron chi connectivity index (χ0n) is 18.2. The highest BCUT2D eigenvalue weighted by Crippen LogP contribution is 2.52. The lowest BCUT2D eigenvalue weighted by molar-refractivity contribution is -0.534. The topological polar surface area (TPSA) is 84.7 Å². The van der Waals surface area contributed by atoms with Crippen LogP contribution in [0.3, 0.4) is 0 Å². The summed E-state index contributed by atoms with van der Waals surface area (Å²) in [6, 6.07) is 18.5. The maximum absolute atomic E-state index is 13.2. The largest absolute Gasteiger partial charge is 0.487 e. The Balaban J connectivity index is 1.47. The number of carbonyl (C=O) groups excluding carboxylic acids is 1. The van der Waals surface area contributed by atoms with E-state index in [1.807, 2.05) is 18.2 Å². The molecule has 1 spiro atoms. The van der Waals surface area contributed by atoms with Gasteiger partial charge in [0.25, 0.3) is 11.9 Å². The predicted molar refractivity (Wildman–Crippen MR) is 130 cm³/mol. The van der Waals surface area contributed by atoms with Gasteiger partial charge in [-0.3, -0.25) is 19.8 Å². The maximum Gasteiger partial charge on any atom is 0.256 e. The number of amides is 1. The molecule has 2 aliphatic heterocycles. The van der Waals surface area contributed by atoms with Crippen molar-refractivity contribution in [2.24, 2.45) is 0 Å². The molecule has 0 aromatic heterocycles. The smallest absolute Gasteiger partial charge is 0.256 e. The van der Waals surface area contributed by atoms with Crippen LogP contribution in [0, 0.1) is 10.1 Å². The maximum atomic E-state index is 13.2. The van der Waals surface area contributed by atoms with Crippen LogP contribution in [0.5, 0.6) is 5.75 Å². The summed E-state index contributed by atoms with van der Waals surface area (Å²) in [5.74, 6) is -0.480. The molecular formula is C25H21Cl2N3O4. The zero-order chi connectivity index (χ0) is 24.0. The van der Waals surface area contributed by atoms with E-state index in [0.717, 1.165) is 5.56 Å². The summed E-state index contributed by atoms with van der Waals surface area (Å²) in [4.78, 5) is 27.1. The van der Waals surface area contributed by atoms with Crippen molar-refractivity contribution in [1.82, 2.24) is 4.90 Å². The van der Waals surface area contributed by atoms with E-state index in [1.165, 1.54) is 0 Å². The van der Waals surface area contributed by atoms with Crippen molar-refractivity contribution in [3.05, 3.63) is 104 Å². The average molecular weight is 498 g/mol. The number of halogens is 2. The van der Waals surface area contributed by atoms with Gasteiger partial charge >= 0.3 is 0 Å². The van der Waals surface area contributed by atoms with E-state index in [0.29, 0.717) is 39.2 Å². The number of anilines is 1. The quantitative estimate of drug-likeness (QED) is 0.391. The molecule has 0 unspecified atom stereocenters. The second-order valence-electron chi connectivity index (χ2n) is 8.55. The second kappa shape index (κ2) is 8.58. The summed E-state index contributed by atoms with van der Waals surface area (Å²) in [6.45, 7) is 0.562. The summed E-state index contributed by atoms with van der Waals surface area (Å²) in [5, 5.41) is 16.2. The third-order valence-electron chi connectivity index (χ3n) is 6.77. The van der Waals surface area contributed by atoms with Crippen LogP contribution in [0.1, 0.15) is 22.6 Å². The number of carbonyl (C=O) groups is 1. The van der Waals surface area contributed by atoms with Gasteiger partial charge in [-0.1, -0.05) is 65.7 Å². The first-order valence-corrected chi connectivity index (χ1v) is 11.5. The first-order valence-electron chi connectivity index (χ1n) is 10.8.